The summed E-state index contributed by atoms with van der Waals surface area (Å²) in [6.45, 7) is 3.76. The summed E-state index contributed by atoms with van der Waals surface area (Å²) in [5, 5.41) is 10.3. The number of ketones is 1. The fourth-order valence-electron chi connectivity index (χ4n) is 4.66. The zero-order chi connectivity index (χ0) is 21.9. The topological polar surface area (TPSA) is 37.3 Å². The normalized spacial score (nSPS) is 19.6. The number of hydrogen-bond acceptors (Lipinski definition) is 2. The van der Waals surface area contributed by atoms with Crippen LogP contribution in [-0.4, -0.2) is 10.9 Å². The Kier molecular flexibility index (Phi) is 6.89. The predicted octanol–water partition coefficient (Wildman–Crippen LogP) is 7.74. The maximum atomic E-state index is 13.7. The maximum Gasteiger partial charge on any atom is 0.420 e. The maximum absolute atomic E-state index is 13.7. The second kappa shape index (κ2) is 9.23. The lowest BCUT2D eigenvalue weighted by Crippen LogP contribution is -2.13. The summed E-state index contributed by atoms with van der Waals surface area (Å²) in [5.74, 6) is -0.247. The van der Waals surface area contributed by atoms with Gasteiger partial charge in [0.25, 0.3) is 0 Å². The van der Waals surface area contributed by atoms with Gasteiger partial charge in [0.1, 0.15) is 11.3 Å². The number of phenols is 1. The van der Waals surface area contributed by atoms with Crippen molar-refractivity contribution in [1.29, 1.82) is 0 Å². The average Bonchev–Trinajstić information content (AvgIpc) is 2.73. The quantitative estimate of drug-likeness (QED) is 0.487. The van der Waals surface area contributed by atoms with Crippen LogP contribution in [0, 0.1) is 5.92 Å². The lowest BCUT2D eigenvalue weighted by atomic mass is 9.77. The summed E-state index contributed by atoms with van der Waals surface area (Å²) in [7, 11) is 0. The molecular formula is C25H29F3O2. The van der Waals surface area contributed by atoms with E-state index in [0.29, 0.717) is 11.5 Å². The van der Waals surface area contributed by atoms with Crippen LogP contribution < -0.4 is 0 Å². The number of halogens is 3. The molecule has 1 N–H and O–H groups in total. The van der Waals surface area contributed by atoms with E-state index in [0.717, 1.165) is 24.3 Å². The number of phenolic OH excluding ortho intramolecular Hbond substituents is 1. The van der Waals surface area contributed by atoms with E-state index in [1.54, 1.807) is 19.1 Å². The molecule has 0 spiro atoms. The minimum atomic E-state index is -4.76. The molecule has 0 amide bonds. The Balaban J connectivity index is 1.89. The van der Waals surface area contributed by atoms with Gasteiger partial charge in [-0.15, -0.1) is 0 Å². The van der Waals surface area contributed by atoms with Crippen molar-refractivity contribution in [1.82, 2.24) is 0 Å². The van der Waals surface area contributed by atoms with Crippen LogP contribution in [-0.2, 0) is 6.18 Å². The third-order valence-corrected chi connectivity index (χ3v) is 6.32. The van der Waals surface area contributed by atoms with Crippen molar-refractivity contribution >= 4 is 5.78 Å². The van der Waals surface area contributed by atoms with Crippen molar-refractivity contribution in [3.63, 3.8) is 0 Å². The van der Waals surface area contributed by atoms with Crippen molar-refractivity contribution in [2.75, 3.05) is 0 Å². The highest BCUT2D eigenvalue weighted by molar-refractivity contribution is 5.99. The first-order valence-corrected chi connectivity index (χ1v) is 10.8. The van der Waals surface area contributed by atoms with Crippen LogP contribution in [0.25, 0.3) is 11.1 Å². The highest BCUT2D eigenvalue weighted by Crippen LogP contribution is 2.45. The van der Waals surface area contributed by atoms with Gasteiger partial charge in [0.05, 0.1) is 5.56 Å². The molecule has 0 heterocycles. The summed E-state index contributed by atoms with van der Waals surface area (Å²) in [4.78, 5) is 11.9. The van der Waals surface area contributed by atoms with E-state index >= 15 is 0 Å². The molecule has 1 aliphatic rings. The minimum Gasteiger partial charge on any atom is -0.507 e. The first-order valence-electron chi connectivity index (χ1n) is 10.8. The zero-order valence-corrected chi connectivity index (χ0v) is 17.6. The van der Waals surface area contributed by atoms with Crippen molar-refractivity contribution in [2.45, 2.75) is 70.9 Å². The second-order valence-electron chi connectivity index (χ2n) is 8.29. The van der Waals surface area contributed by atoms with Gasteiger partial charge in [0, 0.05) is 6.42 Å². The number of carbonyl (C=O) groups is 1. The van der Waals surface area contributed by atoms with Crippen LogP contribution in [0.4, 0.5) is 13.2 Å². The smallest absolute Gasteiger partial charge is 0.420 e. The monoisotopic (exact) mass is 418 g/mol. The molecule has 1 saturated carbocycles. The van der Waals surface area contributed by atoms with Gasteiger partial charge in [-0.1, -0.05) is 57.0 Å². The molecular weight excluding hydrogens is 389 g/mol. The van der Waals surface area contributed by atoms with Gasteiger partial charge in [-0.05, 0) is 60.3 Å². The molecule has 0 aromatic heterocycles. The fraction of sp³-hybridized carbons (Fsp3) is 0.480. The third kappa shape index (κ3) is 4.71. The number of hydrogen-bond donors (Lipinski definition) is 1. The van der Waals surface area contributed by atoms with Crippen molar-refractivity contribution < 1.29 is 23.1 Å². The molecule has 30 heavy (non-hydrogen) atoms. The number of aromatic hydroxyl groups is 1. The van der Waals surface area contributed by atoms with Gasteiger partial charge < -0.3 is 5.11 Å². The van der Waals surface area contributed by atoms with E-state index in [1.165, 1.54) is 37.8 Å². The zero-order valence-electron chi connectivity index (χ0n) is 17.6. The van der Waals surface area contributed by atoms with Crippen LogP contribution in [0.1, 0.15) is 86.2 Å². The second-order valence-corrected chi connectivity index (χ2v) is 8.29. The number of Topliss-reactive ketones (excluding diaryl/α,β-unsaturated/α-hetero) is 1. The molecule has 0 atom stereocenters. The van der Waals surface area contributed by atoms with Crippen LogP contribution in [0.5, 0.6) is 5.75 Å². The molecule has 1 aliphatic carbocycles. The van der Waals surface area contributed by atoms with Gasteiger partial charge in [0.15, 0.2) is 5.78 Å². The van der Waals surface area contributed by atoms with Gasteiger partial charge in [-0.3, -0.25) is 4.79 Å². The molecule has 2 aromatic carbocycles. The van der Waals surface area contributed by atoms with E-state index in [9.17, 15) is 23.1 Å². The number of alkyl halides is 3. The van der Waals surface area contributed by atoms with Crippen LogP contribution in [0.2, 0.25) is 0 Å². The summed E-state index contributed by atoms with van der Waals surface area (Å²) >= 11 is 0. The van der Waals surface area contributed by atoms with E-state index < -0.39 is 23.3 Å². The molecule has 1 fully saturated rings. The largest absolute Gasteiger partial charge is 0.507 e. The van der Waals surface area contributed by atoms with Crippen LogP contribution in [0.15, 0.2) is 36.4 Å². The summed E-state index contributed by atoms with van der Waals surface area (Å²) < 4.78 is 41.2. The Bertz CT molecular complexity index is 877. The standard InChI is InChI=1S/C25H29F3O2/c1-3-5-16-6-8-17(9-7-16)18-10-12-19(13-11-18)20-14-15-21(22(29)4-2)24(30)23(20)25(26,27)28/h10-17,30H,3-9H2,1-2H3. The predicted molar refractivity (Wildman–Crippen MR) is 113 cm³/mol. The Hall–Kier alpha value is -2.30. The van der Waals surface area contributed by atoms with Crippen LogP contribution >= 0.6 is 0 Å². The molecule has 2 aromatic rings. The molecule has 0 unspecified atom stereocenters. The molecule has 0 saturated heterocycles. The minimum absolute atomic E-state index is 0.0272. The lowest BCUT2D eigenvalue weighted by Gasteiger charge is -2.28. The highest BCUT2D eigenvalue weighted by Gasteiger charge is 2.38. The number of carbonyl (C=O) groups excluding carboxylic acids is 1. The third-order valence-electron chi connectivity index (χ3n) is 6.32. The highest BCUT2D eigenvalue weighted by atomic mass is 19.4. The Morgan fingerprint density at radius 3 is 2.17 bits per heavy atom. The average molecular weight is 418 g/mol. The summed E-state index contributed by atoms with van der Waals surface area (Å²) in [5.41, 5.74) is 0.00955. The van der Waals surface area contributed by atoms with Gasteiger partial charge in [0.2, 0.25) is 0 Å². The fourth-order valence-corrected chi connectivity index (χ4v) is 4.66. The van der Waals surface area contributed by atoms with Crippen molar-refractivity contribution in [3.8, 4) is 16.9 Å². The summed E-state index contributed by atoms with van der Waals surface area (Å²) in [6, 6.07) is 9.77. The van der Waals surface area contributed by atoms with Gasteiger partial charge >= 0.3 is 6.18 Å². The first-order chi connectivity index (χ1) is 14.3. The SMILES string of the molecule is CCCC1CCC(c2ccc(-c3ccc(C(=O)CC)c(O)c3C(F)(F)F)cc2)CC1. The molecule has 2 nitrogen and oxygen atoms in total. The Labute approximate surface area is 176 Å². The van der Waals surface area contributed by atoms with E-state index in [4.69, 9.17) is 0 Å². The van der Waals surface area contributed by atoms with E-state index in [-0.39, 0.29) is 17.5 Å². The summed E-state index contributed by atoms with van der Waals surface area (Å²) in [6.07, 6.45) is 2.39. The lowest BCUT2D eigenvalue weighted by molar-refractivity contribution is -0.138. The van der Waals surface area contributed by atoms with E-state index in [2.05, 4.69) is 6.92 Å². The Morgan fingerprint density at radius 2 is 1.63 bits per heavy atom. The molecule has 162 valence electrons. The number of rotatable bonds is 6. The van der Waals surface area contributed by atoms with Gasteiger partial charge in [-0.25, -0.2) is 0 Å². The van der Waals surface area contributed by atoms with Crippen LogP contribution in [0.3, 0.4) is 0 Å². The van der Waals surface area contributed by atoms with E-state index in [1.807, 2.05) is 12.1 Å². The molecule has 5 heteroatoms. The molecule has 0 aliphatic heterocycles. The van der Waals surface area contributed by atoms with Gasteiger partial charge in [-0.2, -0.15) is 13.2 Å². The molecule has 0 bridgehead atoms. The molecule has 0 radical (unpaired) electrons. The number of benzene rings is 2. The first kappa shape index (κ1) is 22.4. The molecule has 3 rings (SSSR count). The van der Waals surface area contributed by atoms with Crippen molar-refractivity contribution in [3.05, 3.63) is 53.1 Å². The Morgan fingerprint density at radius 1 is 1.00 bits per heavy atom. The van der Waals surface area contributed by atoms with Crippen molar-refractivity contribution in [2.24, 2.45) is 5.92 Å².